The van der Waals surface area contributed by atoms with E-state index in [1.54, 1.807) is 18.2 Å². The van der Waals surface area contributed by atoms with Gasteiger partial charge in [0.15, 0.2) is 0 Å². The summed E-state index contributed by atoms with van der Waals surface area (Å²) in [4.78, 5) is 15.5. The van der Waals surface area contributed by atoms with Crippen LogP contribution in [0.5, 0.6) is 0 Å². The van der Waals surface area contributed by atoms with E-state index in [0.717, 1.165) is 57.5 Å². The van der Waals surface area contributed by atoms with Crippen LogP contribution in [0.3, 0.4) is 0 Å². The van der Waals surface area contributed by atoms with Gasteiger partial charge in [0.05, 0.1) is 4.90 Å². The first-order valence-electron chi connectivity index (χ1n) is 11.7. The number of benzene rings is 1. The fraction of sp³-hybridized carbons (Fsp3) is 0.696. The van der Waals surface area contributed by atoms with Gasteiger partial charge in [-0.1, -0.05) is 31.7 Å². The van der Waals surface area contributed by atoms with E-state index < -0.39 is 10.0 Å². The molecule has 7 heteroatoms. The number of carbonyl (C=O) groups excluding carboxylic acids is 1. The Morgan fingerprint density at radius 1 is 0.933 bits per heavy atom. The Morgan fingerprint density at radius 3 is 2.30 bits per heavy atom. The van der Waals surface area contributed by atoms with E-state index in [9.17, 15) is 13.2 Å². The summed E-state index contributed by atoms with van der Waals surface area (Å²) in [5.41, 5.74) is 0.415. The number of nitrogens with one attached hydrogen (secondary N) is 2. The Labute approximate surface area is 180 Å². The molecule has 1 saturated heterocycles. The standard InChI is InChI=1S/C23H35N3O3S/c27-23(24-20-12-14-26(15-13-20)17-18-6-1-2-7-18)19-8-5-11-22(16-19)30(28,29)25-21-9-3-4-10-21/h5,8,11,16,18,20-21,25H,1-4,6-7,9-10,12-15,17H2,(H,24,27). The average molecular weight is 434 g/mol. The van der Waals surface area contributed by atoms with Crippen LogP contribution in [0.2, 0.25) is 0 Å². The van der Waals surface area contributed by atoms with Crippen LogP contribution in [-0.2, 0) is 10.0 Å². The lowest BCUT2D eigenvalue weighted by Crippen LogP contribution is -2.45. The molecule has 1 amide bonds. The summed E-state index contributed by atoms with van der Waals surface area (Å²) in [6, 6.07) is 6.59. The summed E-state index contributed by atoms with van der Waals surface area (Å²) in [7, 11) is -3.59. The van der Waals surface area contributed by atoms with Crippen LogP contribution in [0.1, 0.15) is 74.6 Å². The van der Waals surface area contributed by atoms with Crippen molar-refractivity contribution < 1.29 is 13.2 Å². The lowest BCUT2D eigenvalue weighted by Gasteiger charge is -2.33. The predicted molar refractivity (Wildman–Crippen MR) is 118 cm³/mol. The number of piperidine rings is 1. The van der Waals surface area contributed by atoms with Crippen LogP contribution < -0.4 is 10.0 Å². The van der Waals surface area contributed by atoms with Gasteiger partial charge in [-0.05, 0) is 62.6 Å². The molecule has 0 radical (unpaired) electrons. The Morgan fingerprint density at radius 2 is 1.60 bits per heavy atom. The van der Waals surface area contributed by atoms with E-state index in [4.69, 9.17) is 0 Å². The molecule has 0 spiro atoms. The van der Waals surface area contributed by atoms with Crippen molar-refractivity contribution >= 4 is 15.9 Å². The fourth-order valence-electron chi connectivity index (χ4n) is 5.22. The van der Waals surface area contributed by atoms with E-state index in [1.165, 1.54) is 38.3 Å². The minimum Gasteiger partial charge on any atom is -0.349 e. The Balaban J connectivity index is 1.30. The van der Waals surface area contributed by atoms with Crippen LogP contribution in [-0.4, -0.2) is 50.9 Å². The third-order valence-corrected chi connectivity index (χ3v) is 8.52. The van der Waals surface area contributed by atoms with Gasteiger partial charge < -0.3 is 10.2 Å². The highest BCUT2D eigenvalue weighted by atomic mass is 32.2. The summed E-state index contributed by atoms with van der Waals surface area (Å²) in [5.74, 6) is 0.681. The molecule has 0 bridgehead atoms. The second-order valence-corrected chi connectivity index (χ2v) is 11.0. The minimum atomic E-state index is -3.59. The van der Waals surface area contributed by atoms with Gasteiger partial charge in [-0.25, -0.2) is 13.1 Å². The number of likely N-dealkylation sites (tertiary alicyclic amines) is 1. The molecular formula is C23H35N3O3S. The third-order valence-electron chi connectivity index (χ3n) is 7.00. The summed E-state index contributed by atoms with van der Waals surface area (Å²) in [6.45, 7) is 3.26. The summed E-state index contributed by atoms with van der Waals surface area (Å²) in [5, 5.41) is 3.12. The molecule has 6 nitrogen and oxygen atoms in total. The fourth-order valence-corrected chi connectivity index (χ4v) is 6.57. The molecule has 0 atom stereocenters. The topological polar surface area (TPSA) is 78.5 Å². The molecule has 1 aromatic rings. The molecule has 1 aliphatic heterocycles. The second kappa shape index (κ2) is 9.79. The molecule has 2 N–H and O–H groups in total. The molecule has 3 aliphatic rings. The van der Waals surface area contributed by atoms with Crippen molar-refractivity contribution in [2.45, 2.75) is 81.2 Å². The minimum absolute atomic E-state index is 0.0156. The molecule has 0 unspecified atom stereocenters. The zero-order chi connectivity index (χ0) is 21.0. The molecule has 166 valence electrons. The average Bonchev–Trinajstić information content (AvgIpc) is 3.44. The Bertz CT molecular complexity index is 822. The zero-order valence-corrected chi connectivity index (χ0v) is 18.6. The van der Waals surface area contributed by atoms with Crippen LogP contribution in [0.15, 0.2) is 29.2 Å². The van der Waals surface area contributed by atoms with Gasteiger partial charge in [0.2, 0.25) is 10.0 Å². The first-order chi connectivity index (χ1) is 14.5. The molecule has 2 aliphatic carbocycles. The first kappa shape index (κ1) is 21.8. The van der Waals surface area contributed by atoms with Crippen molar-refractivity contribution in [3.8, 4) is 0 Å². The molecule has 1 aromatic carbocycles. The zero-order valence-electron chi connectivity index (χ0n) is 17.8. The molecule has 30 heavy (non-hydrogen) atoms. The van der Waals surface area contributed by atoms with Crippen molar-refractivity contribution in [1.29, 1.82) is 0 Å². The SMILES string of the molecule is O=C(NC1CCN(CC2CCCC2)CC1)c1cccc(S(=O)(=O)NC2CCCC2)c1. The van der Waals surface area contributed by atoms with E-state index in [-0.39, 0.29) is 22.9 Å². The molecular weight excluding hydrogens is 398 g/mol. The second-order valence-electron chi connectivity index (χ2n) is 9.33. The van der Waals surface area contributed by atoms with Crippen molar-refractivity contribution in [2.24, 2.45) is 5.92 Å². The maximum absolute atomic E-state index is 12.8. The van der Waals surface area contributed by atoms with Crippen molar-refractivity contribution in [1.82, 2.24) is 14.9 Å². The maximum atomic E-state index is 12.8. The predicted octanol–water partition coefficient (Wildman–Crippen LogP) is 3.29. The maximum Gasteiger partial charge on any atom is 0.251 e. The van der Waals surface area contributed by atoms with Gasteiger partial charge in [0, 0.05) is 37.3 Å². The van der Waals surface area contributed by atoms with E-state index in [0.29, 0.717) is 5.56 Å². The number of carbonyl (C=O) groups is 1. The van der Waals surface area contributed by atoms with Gasteiger partial charge in [-0.3, -0.25) is 4.79 Å². The Kier molecular flexibility index (Phi) is 7.11. The van der Waals surface area contributed by atoms with E-state index in [1.807, 2.05) is 0 Å². The normalized spacial score (nSPS) is 22.5. The highest BCUT2D eigenvalue weighted by molar-refractivity contribution is 7.89. The molecule has 1 heterocycles. The highest BCUT2D eigenvalue weighted by Gasteiger charge is 2.26. The van der Waals surface area contributed by atoms with E-state index >= 15 is 0 Å². The van der Waals surface area contributed by atoms with Gasteiger partial charge in [-0.2, -0.15) is 0 Å². The van der Waals surface area contributed by atoms with Gasteiger partial charge >= 0.3 is 0 Å². The number of amides is 1. The lowest BCUT2D eigenvalue weighted by molar-refractivity contribution is 0.0905. The molecule has 4 rings (SSSR count). The number of nitrogens with zero attached hydrogens (tertiary/aromatic N) is 1. The first-order valence-corrected chi connectivity index (χ1v) is 13.1. The molecule has 2 saturated carbocycles. The Hall–Kier alpha value is -1.44. The van der Waals surface area contributed by atoms with Crippen LogP contribution >= 0.6 is 0 Å². The monoisotopic (exact) mass is 433 g/mol. The van der Waals surface area contributed by atoms with E-state index in [2.05, 4.69) is 14.9 Å². The summed E-state index contributed by atoms with van der Waals surface area (Å²) < 4.78 is 28.2. The lowest BCUT2D eigenvalue weighted by atomic mass is 10.0. The van der Waals surface area contributed by atoms with Crippen LogP contribution in [0.4, 0.5) is 0 Å². The van der Waals surface area contributed by atoms with Gasteiger partial charge in [0.25, 0.3) is 5.91 Å². The number of hydrogen-bond acceptors (Lipinski definition) is 4. The number of hydrogen-bond donors (Lipinski definition) is 2. The van der Waals surface area contributed by atoms with Crippen molar-refractivity contribution in [2.75, 3.05) is 19.6 Å². The summed E-state index contributed by atoms with van der Waals surface area (Å²) >= 11 is 0. The quantitative estimate of drug-likeness (QED) is 0.692. The van der Waals surface area contributed by atoms with Crippen molar-refractivity contribution in [3.63, 3.8) is 0 Å². The largest absolute Gasteiger partial charge is 0.349 e. The molecule has 3 fully saturated rings. The number of rotatable bonds is 7. The van der Waals surface area contributed by atoms with Gasteiger partial charge in [-0.15, -0.1) is 0 Å². The van der Waals surface area contributed by atoms with Crippen molar-refractivity contribution in [3.05, 3.63) is 29.8 Å². The summed E-state index contributed by atoms with van der Waals surface area (Å²) in [6.07, 6.45) is 11.3. The highest BCUT2D eigenvalue weighted by Crippen LogP contribution is 2.26. The number of sulfonamides is 1. The van der Waals surface area contributed by atoms with Crippen LogP contribution in [0.25, 0.3) is 0 Å². The smallest absolute Gasteiger partial charge is 0.251 e. The van der Waals surface area contributed by atoms with Gasteiger partial charge in [0.1, 0.15) is 0 Å². The van der Waals surface area contributed by atoms with Crippen LogP contribution in [0, 0.1) is 5.92 Å². The molecule has 0 aromatic heterocycles. The third kappa shape index (κ3) is 5.62.